The second kappa shape index (κ2) is 7.84. The number of para-hydroxylation sites is 1. The number of rotatable bonds is 6. The molecule has 5 heteroatoms. The van der Waals surface area contributed by atoms with E-state index < -0.39 is 0 Å². The summed E-state index contributed by atoms with van der Waals surface area (Å²) < 4.78 is 0. The summed E-state index contributed by atoms with van der Waals surface area (Å²) in [4.78, 5) is 19.9. The van der Waals surface area contributed by atoms with Crippen LogP contribution in [0.25, 0.3) is 21.8 Å². The highest BCUT2D eigenvalue weighted by Crippen LogP contribution is 2.30. The fourth-order valence-electron chi connectivity index (χ4n) is 3.36. The highest BCUT2D eigenvalue weighted by atomic mass is 32.2. The summed E-state index contributed by atoms with van der Waals surface area (Å²) in [6, 6.07) is 20.5. The predicted octanol–water partition coefficient (Wildman–Crippen LogP) is 4.83. The highest BCUT2D eigenvalue weighted by Gasteiger charge is 2.19. The van der Waals surface area contributed by atoms with Crippen LogP contribution in [0.4, 0.5) is 0 Å². The van der Waals surface area contributed by atoms with Gasteiger partial charge in [-0.3, -0.25) is 9.78 Å². The zero-order valence-corrected chi connectivity index (χ0v) is 15.9. The van der Waals surface area contributed by atoms with Gasteiger partial charge in [0, 0.05) is 40.9 Å². The molecular weight excluding hydrogens is 354 g/mol. The van der Waals surface area contributed by atoms with E-state index in [0.29, 0.717) is 0 Å². The second-order valence-electron chi connectivity index (χ2n) is 6.54. The van der Waals surface area contributed by atoms with Gasteiger partial charge < -0.3 is 10.3 Å². The summed E-state index contributed by atoms with van der Waals surface area (Å²) in [5.41, 5.74) is 4.25. The Hall–Kier alpha value is -2.79. The highest BCUT2D eigenvalue weighted by molar-refractivity contribution is 7.98. The lowest BCUT2D eigenvalue weighted by Crippen LogP contribution is -2.28. The van der Waals surface area contributed by atoms with E-state index >= 15 is 0 Å². The van der Waals surface area contributed by atoms with Gasteiger partial charge in [-0.05, 0) is 17.7 Å². The lowest BCUT2D eigenvalue weighted by Gasteiger charge is -2.18. The van der Waals surface area contributed by atoms with E-state index in [4.69, 9.17) is 0 Å². The molecule has 4 rings (SSSR count). The van der Waals surface area contributed by atoms with Gasteiger partial charge in [-0.25, -0.2) is 0 Å². The molecule has 0 spiro atoms. The number of nitrogens with zero attached hydrogens (tertiary/aromatic N) is 1. The molecule has 0 saturated heterocycles. The number of nitrogens with one attached hydrogen (secondary N) is 2. The Balaban J connectivity index is 1.64. The summed E-state index contributed by atoms with van der Waals surface area (Å²) in [5, 5.41) is 5.39. The first-order valence-corrected chi connectivity index (χ1v) is 10.1. The number of aromatic nitrogens is 2. The molecule has 0 unspecified atom stereocenters. The minimum atomic E-state index is -0.145. The Bertz CT molecular complexity index is 1070. The van der Waals surface area contributed by atoms with Crippen molar-refractivity contribution >= 4 is 39.5 Å². The molecule has 1 amide bonds. The van der Waals surface area contributed by atoms with Crippen LogP contribution in [0.5, 0.6) is 0 Å². The second-order valence-corrected chi connectivity index (χ2v) is 7.57. The van der Waals surface area contributed by atoms with E-state index in [2.05, 4.69) is 39.6 Å². The first kappa shape index (κ1) is 17.6. The van der Waals surface area contributed by atoms with Gasteiger partial charge in [0.2, 0.25) is 5.91 Å². The molecular formula is C22H21N3OS. The Kier molecular flexibility index (Phi) is 5.12. The largest absolute Gasteiger partial charge is 0.353 e. The van der Waals surface area contributed by atoms with Gasteiger partial charge >= 0.3 is 0 Å². The number of hydrogen-bond acceptors (Lipinski definition) is 3. The monoisotopic (exact) mass is 375 g/mol. The topological polar surface area (TPSA) is 57.8 Å². The normalized spacial score (nSPS) is 12.3. The van der Waals surface area contributed by atoms with Crippen LogP contribution < -0.4 is 5.32 Å². The smallest absolute Gasteiger partial charge is 0.217 e. The molecule has 27 heavy (non-hydrogen) atoms. The molecule has 0 aliphatic rings. The fourth-order valence-corrected chi connectivity index (χ4v) is 4.39. The van der Waals surface area contributed by atoms with Crippen LogP contribution in [0.3, 0.4) is 0 Å². The number of benzene rings is 2. The van der Waals surface area contributed by atoms with Crippen molar-refractivity contribution < 1.29 is 4.79 Å². The molecule has 4 aromatic rings. The van der Waals surface area contributed by atoms with Gasteiger partial charge in [0.25, 0.3) is 0 Å². The van der Waals surface area contributed by atoms with Crippen LogP contribution in [0.1, 0.15) is 24.2 Å². The standard InChI is InChI=1S/C22H21N3OS/c1-15(26)24-20(14-27-13-16-7-3-2-4-8-16)22-21-18(11-12-23-22)17-9-5-6-10-19(17)25-21/h2-12,20,25H,13-14H2,1H3,(H,24,26)/t20-/m0/s1. The maximum absolute atomic E-state index is 11.8. The molecule has 2 heterocycles. The molecule has 0 aliphatic carbocycles. The van der Waals surface area contributed by atoms with E-state index in [9.17, 15) is 4.79 Å². The maximum atomic E-state index is 11.8. The van der Waals surface area contributed by atoms with E-state index in [1.165, 1.54) is 10.9 Å². The molecule has 136 valence electrons. The van der Waals surface area contributed by atoms with Crippen LogP contribution in [0, 0.1) is 0 Å². The van der Waals surface area contributed by atoms with Crippen LogP contribution in [-0.4, -0.2) is 21.6 Å². The number of carbonyl (C=O) groups is 1. The van der Waals surface area contributed by atoms with Crippen LogP contribution in [-0.2, 0) is 10.5 Å². The number of amides is 1. The van der Waals surface area contributed by atoms with Gasteiger partial charge in [0.1, 0.15) is 0 Å². The van der Waals surface area contributed by atoms with Gasteiger partial charge in [-0.1, -0.05) is 48.5 Å². The van der Waals surface area contributed by atoms with Gasteiger partial charge in [0.05, 0.1) is 17.3 Å². The SMILES string of the molecule is CC(=O)N[C@@H](CSCc1ccccc1)c1nccc2c1[nH]c1ccccc12. The summed E-state index contributed by atoms with van der Waals surface area (Å²) in [6.45, 7) is 1.56. The number of thioether (sulfide) groups is 1. The maximum Gasteiger partial charge on any atom is 0.217 e. The van der Waals surface area contributed by atoms with Gasteiger partial charge in [-0.2, -0.15) is 11.8 Å². The lowest BCUT2D eigenvalue weighted by molar-refractivity contribution is -0.119. The molecule has 0 saturated carbocycles. The summed E-state index contributed by atoms with van der Waals surface area (Å²) in [7, 11) is 0. The number of pyridine rings is 1. The van der Waals surface area contributed by atoms with Gasteiger partial charge in [0.15, 0.2) is 0 Å². The molecule has 4 nitrogen and oxygen atoms in total. The van der Waals surface area contributed by atoms with E-state index in [0.717, 1.165) is 33.6 Å². The molecule has 2 N–H and O–H groups in total. The van der Waals surface area contributed by atoms with Crippen molar-refractivity contribution in [3.8, 4) is 0 Å². The van der Waals surface area contributed by atoms with Gasteiger partial charge in [-0.15, -0.1) is 0 Å². The van der Waals surface area contributed by atoms with E-state index in [-0.39, 0.29) is 11.9 Å². The fraction of sp³-hybridized carbons (Fsp3) is 0.182. The van der Waals surface area contributed by atoms with Crippen LogP contribution >= 0.6 is 11.8 Å². The van der Waals surface area contributed by atoms with Crippen molar-refractivity contribution in [3.63, 3.8) is 0 Å². The summed E-state index contributed by atoms with van der Waals surface area (Å²) in [6.07, 6.45) is 1.83. The molecule has 0 aliphatic heterocycles. The minimum Gasteiger partial charge on any atom is -0.353 e. The Morgan fingerprint density at radius 1 is 1.07 bits per heavy atom. The first-order chi connectivity index (χ1) is 13.2. The Morgan fingerprint density at radius 3 is 2.67 bits per heavy atom. The number of aromatic amines is 1. The summed E-state index contributed by atoms with van der Waals surface area (Å²) in [5.74, 6) is 1.62. The van der Waals surface area contributed by atoms with E-state index in [1.54, 1.807) is 18.7 Å². The average molecular weight is 375 g/mol. The third-order valence-electron chi connectivity index (χ3n) is 4.56. The van der Waals surface area contributed by atoms with Crippen LogP contribution in [0.15, 0.2) is 66.9 Å². The van der Waals surface area contributed by atoms with E-state index in [1.807, 2.05) is 42.6 Å². The third-order valence-corrected chi connectivity index (χ3v) is 5.67. The van der Waals surface area contributed by atoms with Crippen molar-refractivity contribution in [3.05, 3.63) is 78.1 Å². The first-order valence-electron chi connectivity index (χ1n) is 8.96. The predicted molar refractivity (Wildman–Crippen MR) is 113 cm³/mol. The summed E-state index contributed by atoms with van der Waals surface area (Å²) >= 11 is 1.80. The lowest BCUT2D eigenvalue weighted by atomic mass is 10.1. The zero-order chi connectivity index (χ0) is 18.6. The molecule has 0 bridgehead atoms. The zero-order valence-electron chi connectivity index (χ0n) is 15.1. The van der Waals surface area contributed by atoms with Crippen molar-refractivity contribution in [2.75, 3.05) is 5.75 Å². The number of H-pyrrole nitrogens is 1. The molecule has 2 aromatic heterocycles. The Morgan fingerprint density at radius 2 is 1.85 bits per heavy atom. The number of carbonyl (C=O) groups excluding carboxylic acids is 1. The van der Waals surface area contributed by atoms with Crippen molar-refractivity contribution in [2.45, 2.75) is 18.7 Å². The molecule has 0 radical (unpaired) electrons. The van der Waals surface area contributed by atoms with Crippen LogP contribution in [0.2, 0.25) is 0 Å². The quantitative estimate of drug-likeness (QED) is 0.508. The van der Waals surface area contributed by atoms with Crippen molar-refractivity contribution in [1.82, 2.24) is 15.3 Å². The average Bonchev–Trinajstić information content (AvgIpc) is 3.06. The van der Waals surface area contributed by atoms with Crippen molar-refractivity contribution in [1.29, 1.82) is 0 Å². The number of hydrogen-bond donors (Lipinski definition) is 2. The molecule has 2 aromatic carbocycles. The minimum absolute atomic E-state index is 0.0461. The molecule has 0 fully saturated rings. The van der Waals surface area contributed by atoms with Crippen molar-refractivity contribution in [2.24, 2.45) is 0 Å². The third kappa shape index (κ3) is 3.83. The number of fused-ring (bicyclic) bond motifs is 3. The Labute approximate surface area is 162 Å². The molecule has 1 atom stereocenters.